The lowest BCUT2D eigenvalue weighted by atomic mass is 10.1. The quantitative estimate of drug-likeness (QED) is 0.832. The second-order valence-electron chi connectivity index (χ2n) is 4.50. The molecule has 5 nitrogen and oxygen atoms in total. The molecule has 0 aliphatic rings. The molecule has 2 aromatic rings. The topological polar surface area (TPSA) is 73.7 Å². The molecule has 0 radical (unpaired) electrons. The summed E-state index contributed by atoms with van der Waals surface area (Å²) in [6, 6.07) is 9.52. The van der Waals surface area contributed by atoms with Gasteiger partial charge in [0, 0.05) is 31.9 Å². The molecule has 0 unspecified atom stereocenters. The highest BCUT2D eigenvalue weighted by molar-refractivity contribution is 5.97. The first kappa shape index (κ1) is 13.9. The van der Waals surface area contributed by atoms with Crippen LogP contribution in [0.15, 0.2) is 42.6 Å². The fourth-order valence-electron chi connectivity index (χ4n) is 1.83. The van der Waals surface area contributed by atoms with Gasteiger partial charge in [-0.3, -0.25) is 9.78 Å². The molecule has 0 fully saturated rings. The molecule has 20 heavy (non-hydrogen) atoms. The minimum Gasteiger partial charge on any atom is -0.508 e. The standard InChI is InChI=1S/C15H16N2O3/c1-17(9-7-11-4-2-3-8-16-11)15(20)13-10-12(18)5-6-14(13)19/h2-6,8,10,18-19H,7,9H2,1H3. The summed E-state index contributed by atoms with van der Waals surface area (Å²) in [7, 11) is 1.65. The maximum atomic E-state index is 12.2. The predicted octanol–water partition coefficient (Wildman–Crippen LogP) is 1.81. The van der Waals surface area contributed by atoms with E-state index in [-0.39, 0.29) is 23.0 Å². The van der Waals surface area contributed by atoms with Gasteiger partial charge < -0.3 is 15.1 Å². The lowest BCUT2D eigenvalue weighted by Gasteiger charge is -2.17. The summed E-state index contributed by atoms with van der Waals surface area (Å²) in [4.78, 5) is 17.8. The molecule has 0 spiro atoms. The van der Waals surface area contributed by atoms with Gasteiger partial charge in [-0.1, -0.05) is 6.07 Å². The monoisotopic (exact) mass is 272 g/mol. The zero-order valence-corrected chi connectivity index (χ0v) is 11.2. The van der Waals surface area contributed by atoms with Crippen molar-refractivity contribution in [1.82, 2.24) is 9.88 Å². The number of carbonyl (C=O) groups excluding carboxylic acids is 1. The van der Waals surface area contributed by atoms with Gasteiger partial charge in [0.25, 0.3) is 5.91 Å². The molecule has 0 saturated carbocycles. The number of rotatable bonds is 4. The number of carbonyl (C=O) groups is 1. The van der Waals surface area contributed by atoms with E-state index in [1.165, 1.54) is 23.1 Å². The summed E-state index contributed by atoms with van der Waals surface area (Å²) in [6.45, 7) is 0.477. The molecule has 1 aromatic carbocycles. The highest BCUT2D eigenvalue weighted by atomic mass is 16.3. The molecule has 0 atom stereocenters. The molecule has 2 N–H and O–H groups in total. The molecule has 0 aliphatic heterocycles. The number of phenols is 2. The number of aromatic nitrogens is 1. The number of amides is 1. The lowest BCUT2D eigenvalue weighted by Crippen LogP contribution is -2.29. The van der Waals surface area contributed by atoms with E-state index in [0.717, 1.165) is 5.69 Å². The Balaban J connectivity index is 2.03. The summed E-state index contributed by atoms with van der Waals surface area (Å²) >= 11 is 0. The lowest BCUT2D eigenvalue weighted by molar-refractivity contribution is 0.0793. The summed E-state index contributed by atoms with van der Waals surface area (Å²) in [5, 5.41) is 19.1. The Bertz CT molecular complexity index is 599. The van der Waals surface area contributed by atoms with Gasteiger partial charge in [-0.15, -0.1) is 0 Å². The molecular weight excluding hydrogens is 256 g/mol. The van der Waals surface area contributed by atoms with Crippen molar-refractivity contribution in [3.8, 4) is 11.5 Å². The number of benzene rings is 1. The number of phenolic OH excluding ortho intramolecular Hbond substituents is 2. The van der Waals surface area contributed by atoms with Crippen molar-refractivity contribution < 1.29 is 15.0 Å². The number of nitrogens with zero attached hydrogens (tertiary/aromatic N) is 2. The van der Waals surface area contributed by atoms with Crippen LogP contribution in [0.1, 0.15) is 16.1 Å². The number of hydrogen-bond acceptors (Lipinski definition) is 4. The number of likely N-dealkylation sites (N-methyl/N-ethyl adjacent to an activating group) is 1. The second kappa shape index (κ2) is 6.06. The Morgan fingerprint density at radius 3 is 2.75 bits per heavy atom. The molecule has 1 aromatic heterocycles. The molecule has 2 rings (SSSR count). The fourth-order valence-corrected chi connectivity index (χ4v) is 1.83. The van der Waals surface area contributed by atoms with E-state index in [4.69, 9.17) is 0 Å². The van der Waals surface area contributed by atoms with Gasteiger partial charge in [0.1, 0.15) is 11.5 Å². The third-order valence-electron chi connectivity index (χ3n) is 2.99. The third-order valence-corrected chi connectivity index (χ3v) is 2.99. The fraction of sp³-hybridized carbons (Fsp3) is 0.200. The zero-order chi connectivity index (χ0) is 14.5. The van der Waals surface area contributed by atoms with Gasteiger partial charge in [-0.2, -0.15) is 0 Å². The van der Waals surface area contributed by atoms with Gasteiger partial charge in [0.2, 0.25) is 0 Å². The van der Waals surface area contributed by atoms with Gasteiger partial charge in [0.05, 0.1) is 5.56 Å². The van der Waals surface area contributed by atoms with Gasteiger partial charge in [-0.25, -0.2) is 0 Å². The molecule has 1 heterocycles. The van der Waals surface area contributed by atoms with Crippen LogP contribution in [0.2, 0.25) is 0 Å². The van der Waals surface area contributed by atoms with Crippen LogP contribution in [0.25, 0.3) is 0 Å². The Morgan fingerprint density at radius 2 is 2.05 bits per heavy atom. The van der Waals surface area contributed by atoms with Crippen LogP contribution in [0.3, 0.4) is 0 Å². The van der Waals surface area contributed by atoms with Crippen molar-refractivity contribution in [2.75, 3.05) is 13.6 Å². The largest absolute Gasteiger partial charge is 0.508 e. The van der Waals surface area contributed by atoms with Gasteiger partial charge in [0.15, 0.2) is 0 Å². The molecule has 5 heteroatoms. The van der Waals surface area contributed by atoms with E-state index in [1.807, 2.05) is 18.2 Å². The maximum Gasteiger partial charge on any atom is 0.257 e. The van der Waals surface area contributed by atoms with Gasteiger partial charge in [-0.05, 0) is 30.3 Å². The molecule has 104 valence electrons. The van der Waals surface area contributed by atoms with Gasteiger partial charge >= 0.3 is 0 Å². The van der Waals surface area contributed by atoms with Crippen molar-refractivity contribution in [2.24, 2.45) is 0 Å². The average Bonchev–Trinajstić information content (AvgIpc) is 2.47. The first-order valence-corrected chi connectivity index (χ1v) is 6.25. The first-order valence-electron chi connectivity index (χ1n) is 6.25. The van der Waals surface area contributed by atoms with Crippen LogP contribution in [0, 0.1) is 0 Å². The van der Waals surface area contributed by atoms with E-state index < -0.39 is 0 Å². The SMILES string of the molecule is CN(CCc1ccccn1)C(=O)c1cc(O)ccc1O. The van der Waals surface area contributed by atoms with Crippen LogP contribution < -0.4 is 0 Å². The molecule has 1 amide bonds. The summed E-state index contributed by atoms with van der Waals surface area (Å²) in [5.41, 5.74) is 0.987. The minimum atomic E-state index is -0.339. The number of aromatic hydroxyl groups is 2. The second-order valence-corrected chi connectivity index (χ2v) is 4.50. The smallest absolute Gasteiger partial charge is 0.257 e. The van der Waals surface area contributed by atoms with E-state index in [2.05, 4.69) is 4.98 Å². The maximum absolute atomic E-state index is 12.2. The highest BCUT2D eigenvalue weighted by Crippen LogP contribution is 2.23. The molecule has 0 aliphatic carbocycles. The number of hydrogen-bond donors (Lipinski definition) is 2. The summed E-state index contributed by atoms with van der Waals surface area (Å²) in [6.07, 6.45) is 2.33. The van der Waals surface area contributed by atoms with E-state index in [9.17, 15) is 15.0 Å². The Hall–Kier alpha value is -2.56. The van der Waals surface area contributed by atoms with Crippen LogP contribution in [0.5, 0.6) is 11.5 Å². The van der Waals surface area contributed by atoms with E-state index in [1.54, 1.807) is 13.2 Å². The normalized spacial score (nSPS) is 10.2. The zero-order valence-electron chi connectivity index (χ0n) is 11.2. The third kappa shape index (κ3) is 3.26. The van der Waals surface area contributed by atoms with Crippen molar-refractivity contribution in [3.63, 3.8) is 0 Å². The summed E-state index contributed by atoms with van der Waals surface area (Å²) in [5.74, 6) is -0.531. The highest BCUT2D eigenvalue weighted by Gasteiger charge is 2.16. The van der Waals surface area contributed by atoms with Crippen LogP contribution in [-0.4, -0.2) is 39.6 Å². The predicted molar refractivity (Wildman–Crippen MR) is 74.7 cm³/mol. The van der Waals surface area contributed by atoms with Crippen molar-refractivity contribution in [1.29, 1.82) is 0 Å². The first-order chi connectivity index (χ1) is 9.58. The Labute approximate surface area is 117 Å². The average molecular weight is 272 g/mol. The van der Waals surface area contributed by atoms with Crippen LogP contribution in [-0.2, 0) is 6.42 Å². The van der Waals surface area contributed by atoms with Crippen LogP contribution >= 0.6 is 0 Å². The van der Waals surface area contributed by atoms with E-state index >= 15 is 0 Å². The Kier molecular flexibility index (Phi) is 4.20. The number of pyridine rings is 1. The molecular formula is C15H16N2O3. The van der Waals surface area contributed by atoms with Crippen molar-refractivity contribution in [2.45, 2.75) is 6.42 Å². The van der Waals surface area contributed by atoms with Crippen molar-refractivity contribution >= 4 is 5.91 Å². The van der Waals surface area contributed by atoms with Crippen molar-refractivity contribution in [3.05, 3.63) is 53.9 Å². The molecule has 0 saturated heterocycles. The Morgan fingerprint density at radius 1 is 1.25 bits per heavy atom. The van der Waals surface area contributed by atoms with Crippen LogP contribution in [0.4, 0.5) is 0 Å². The summed E-state index contributed by atoms with van der Waals surface area (Å²) < 4.78 is 0. The minimum absolute atomic E-state index is 0.0516. The molecule has 0 bridgehead atoms. The van der Waals surface area contributed by atoms with E-state index in [0.29, 0.717) is 13.0 Å².